The van der Waals surface area contributed by atoms with Crippen LogP contribution in [0.3, 0.4) is 0 Å². The number of carbonyl (C=O) groups is 1. The van der Waals surface area contributed by atoms with Gasteiger partial charge in [0.05, 0.1) is 12.2 Å². The maximum atomic E-state index is 12.2. The Balaban J connectivity index is 2.13. The van der Waals surface area contributed by atoms with Gasteiger partial charge in [-0.3, -0.25) is 9.80 Å². The zero-order valence-corrected chi connectivity index (χ0v) is 11.2. The van der Waals surface area contributed by atoms with Crippen LogP contribution in [0.5, 0.6) is 0 Å². The van der Waals surface area contributed by atoms with Gasteiger partial charge >= 0.3 is 12.1 Å². The lowest BCUT2D eigenvalue weighted by Gasteiger charge is -2.13. The average Bonchev–Trinajstić information content (AvgIpc) is 2.70. The Kier molecular flexibility index (Phi) is 3.89. The SMILES string of the molecule is CC1CN(c2ccc(Cl)cc2)N=C1NC(=O)C(F)(F)F. The molecule has 1 aromatic rings. The molecule has 108 valence electrons. The van der Waals surface area contributed by atoms with E-state index in [4.69, 9.17) is 11.6 Å². The summed E-state index contributed by atoms with van der Waals surface area (Å²) in [6.45, 7) is 2.07. The van der Waals surface area contributed by atoms with Gasteiger partial charge in [0.25, 0.3) is 0 Å². The molecule has 0 radical (unpaired) electrons. The summed E-state index contributed by atoms with van der Waals surface area (Å²) in [5, 5.41) is 7.87. The Morgan fingerprint density at radius 3 is 2.55 bits per heavy atom. The molecule has 4 nitrogen and oxygen atoms in total. The lowest BCUT2D eigenvalue weighted by molar-refractivity contribution is -0.171. The fourth-order valence-corrected chi connectivity index (χ4v) is 1.85. The molecule has 1 aromatic carbocycles. The summed E-state index contributed by atoms with van der Waals surface area (Å²) in [5.74, 6) is -2.32. The Hall–Kier alpha value is -1.76. The van der Waals surface area contributed by atoms with Gasteiger partial charge in [-0.15, -0.1) is 0 Å². The third-order valence-corrected chi connectivity index (χ3v) is 3.02. The van der Waals surface area contributed by atoms with Crippen LogP contribution in [0.15, 0.2) is 29.4 Å². The average molecular weight is 306 g/mol. The summed E-state index contributed by atoms with van der Waals surface area (Å²) in [6.07, 6.45) is -4.92. The summed E-state index contributed by atoms with van der Waals surface area (Å²) in [4.78, 5) is 10.9. The number of nitrogens with one attached hydrogen (secondary N) is 1. The van der Waals surface area contributed by atoms with Gasteiger partial charge in [0, 0.05) is 10.9 Å². The number of halogens is 4. The first kappa shape index (κ1) is 14.6. The molecule has 1 aliphatic heterocycles. The van der Waals surface area contributed by atoms with Crippen molar-refractivity contribution < 1.29 is 18.0 Å². The van der Waals surface area contributed by atoms with Crippen LogP contribution >= 0.6 is 11.6 Å². The van der Waals surface area contributed by atoms with E-state index in [2.05, 4.69) is 5.10 Å². The molecule has 0 aliphatic carbocycles. The lowest BCUT2D eigenvalue weighted by Crippen LogP contribution is -2.42. The largest absolute Gasteiger partial charge is 0.471 e. The molecule has 0 saturated carbocycles. The Morgan fingerprint density at radius 2 is 2.00 bits per heavy atom. The zero-order chi connectivity index (χ0) is 14.9. The van der Waals surface area contributed by atoms with Crippen molar-refractivity contribution in [3.63, 3.8) is 0 Å². The minimum absolute atomic E-state index is 0.00211. The summed E-state index contributed by atoms with van der Waals surface area (Å²) in [7, 11) is 0. The van der Waals surface area contributed by atoms with Gasteiger partial charge in [0.2, 0.25) is 0 Å². The van der Waals surface area contributed by atoms with Crippen molar-refractivity contribution in [2.75, 3.05) is 11.6 Å². The van der Waals surface area contributed by atoms with E-state index < -0.39 is 12.1 Å². The number of hydrogen-bond donors (Lipinski definition) is 1. The first-order valence-corrected chi connectivity index (χ1v) is 6.15. The van der Waals surface area contributed by atoms with Crippen molar-refractivity contribution in [1.82, 2.24) is 5.32 Å². The van der Waals surface area contributed by atoms with Crippen molar-refractivity contribution in [3.05, 3.63) is 29.3 Å². The van der Waals surface area contributed by atoms with Crippen LogP contribution in [0.25, 0.3) is 0 Å². The van der Waals surface area contributed by atoms with Crippen LogP contribution in [0.1, 0.15) is 6.92 Å². The van der Waals surface area contributed by atoms with E-state index in [0.717, 1.165) is 0 Å². The normalized spacial score (nSPS) is 18.9. The number of hydrazone groups is 1. The van der Waals surface area contributed by atoms with Gasteiger partial charge in [0.15, 0.2) is 0 Å². The zero-order valence-electron chi connectivity index (χ0n) is 10.4. The number of amidine groups is 1. The molecule has 8 heteroatoms. The molecule has 2 rings (SSSR count). The van der Waals surface area contributed by atoms with Gasteiger partial charge in [-0.1, -0.05) is 18.5 Å². The van der Waals surface area contributed by atoms with Gasteiger partial charge in [-0.05, 0) is 24.3 Å². The number of benzene rings is 1. The molecular formula is C12H11ClF3N3O. The van der Waals surface area contributed by atoms with Gasteiger partial charge in [-0.25, -0.2) is 0 Å². The highest BCUT2D eigenvalue weighted by molar-refractivity contribution is 6.30. The number of hydrogen-bond acceptors (Lipinski definition) is 3. The molecule has 1 aliphatic rings. The van der Waals surface area contributed by atoms with Crippen LogP contribution in [-0.4, -0.2) is 24.5 Å². The molecule has 1 N–H and O–H groups in total. The molecule has 0 saturated heterocycles. The minimum Gasteiger partial charge on any atom is -0.305 e. The Labute approximate surface area is 118 Å². The number of alkyl halides is 3. The van der Waals surface area contributed by atoms with Crippen LogP contribution in [-0.2, 0) is 4.79 Å². The lowest BCUT2D eigenvalue weighted by atomic mass is 10.1. The van der Waals surface area contributed by atoms with Crippen molar-refractivity contribution in [1.29, 1.82) is 0 Å². The number of nitrogens with zero attached hydrogens (tertiary/aromatic N) is 2. The predicted molar refractivity (Wildman–Crippen MR) is 69.6 cm³/mol. The molecule has 20 heavy (non-hydrogen) atoms. The van der Waals surface area contributed by atoms with E-state index in [9.17, 15) is 18.0 Å². The van der Waals surface area contributed by atoms with Crippen molar-refractivity contribution >= 4 is 29.0 Å². The van der Waals surface area contributed by atoms with Crippen LogP contribution < -0.4 is 10.3 Å². The first-order valence-electron chi connectivity index (χ1n) is 5.77. The smallest absolute Gasteiger partial charge is 0.305 e. The molecule has 0 spiro atoms. The second kappa shape index (κ2) is 5.32. The predicted octanol–water partition coefficient (Wildman–Crippen LogP) is 2.79. The molecule has 1 unspecified atom stereocenters. The van der Waals surface area contributed by atoms with E-state index in [1.54, 1.807) is 36.5 Å². The van der Waals surface area contributed by atoms with Crippen molar-refractivity contribution in [2.45, 2.75) is 13.1 Å². The number of carbonyl (C=O) groups excluding carboxylic acids is 1. The summed E-state index contributed by atoms with van der Waals surface area (Å²) < 4.78 is 36.6. The van der Waals surface area contributed by atoms with Crippen LogP contribution in [0.4, 0.5) is 18.9 Å². The Morgan fingerprint density at radius 1 is 1.40 bits per heavy atom. The molecule has 1 heterocycles. The molecule has 1 amide bonds. The second-order valence-electron chi connectivity index (χ2n) is 4.40. The summed E-state index contributed by atoms with van der Waals surface area (Å²) in [6, 6.07) is 6.72. The third kappa shape index (κ3) is 3.22. The monoisotopic (exact) mass is 305 g/mol. The highest BCUT2D eigenvalue weighted by Crippen LogP contribution is 2.24. The molecule has 0 fully saturated rings. The highest BCUT2D eigenvalue weighted by atomic mass is 35.5. The maximum Gasteiger partial charge on any atom is 0.471 e. The molecular weight excluding hydrogens is 295 g/mol. The van der Waals surface area contributed by atoms with Crippen molar-refractivity contribution in [3.8, 4) is 0 Å². The quantitative estimate of drug-likeness (QED) is 0.867. The Bertz CT molecular complexity index is 542. The van der Waals surface area contributed by atoms with Crippen LogP contribution in [0.2, 0.25) is 5.02 Å². The summed E-state index contributed by atoms with van der Waals surface area (Å²) >= 11 is 5.76. The van der Waals surface area contributed by atoms with E-state index in [-0.39, 0.29) is 11.8 Å². The standard InChI is InChI=1S/C12H11ClF3N3O/c1-7-6-19(9-4-2-8(13)3-5-9)18-10(7)17-11(20)12(14,15)16/h2-5,7H,6H2,1H3,(H,17,18,20). The highest BCUT2D eigenvalue weighted by Gasteiger charge is 2.40. The maximum absolute atomic E-state index is 12.2. The number of anilines is 1. The fourth-order valence-electron chi connectivity index (χ4n) is 1.73. The van der Waals surface area contributed by atoms with E-state index >= 15 is 0 Å². The van der Waals surface area contributed by atoms with Gasteiger partial charge in [-0.2, -0.15) is 18.3 Å². The third-order valence-electron chi connectivity index (χ3n) is 2.77. The molecule has 1 atom stereocenters. The second-order valence-corrected chi connectivity index (χ2v) is 4.83. The number of amides is 1. The van der Waals surface area contributed by atoms with E-state index in [0.29, 0.717) is 17.3 Å². The van der Waals surface area contributed by atoms with E-state index in [1.807, 2.05) is 0 Å². The van der Waals surface area contributed by atoms with Gasteiger partial charge < -0.3 is 5.32 Å². The molecule has 0 aromatic heterocycles. The number of rotatable bonds is 1. The van der Waals surface area contributed by atoms with Gasteiger partial charge in [0.1, 0.15) is 5.84 Å². The summed E-state index contributed by atoms with van der Waals surface area (Å²) in [5.41, 5.74) is 0.692. The van der Waals surface area contributed by atoms with Crippen molar-refractivity contribution in [2.24, 2.45) is 11.0 Å². The van der Waals surface area contributed by atoms with E-state index in [1.165, 1.54) is 5.01 Å². The van der Waals surface area contributed by atoms with Crippen LogP contribution in [0, 0.1) is 5.92 Å². The first-order chi connectivity index (χ1) is 9.27. The molecule has 0 bridgehead atoms. The topological polar surface area (TPSA) is 44.7 Å². The fraction of sp³-hybridized carbons (Fsp3) is 0.333. The minimum atomic E-state index is -4.92.